The Bertz CT molecular complexity index is 397. The van der Waals surface area contributed by atoms with E-state index >= 15 is 0 Å². The van der Waals surface area contributed by atoms with Crippen LogP contribution >= 0.6 is 0 Å². The maximum Gasteiger partial charge on any atom is 0.218 e. The van der Waals surface area contributed by atoms with E-state index < -0.39 is 0 Å². The molecule has 1 aromatic heterocycles. The molecule has 0 saturated carbocycles. The molecule has 106 valence electrons. The van der Waals surface area contributed by atoms with Crippen LogP contribution in [-0.4, -0.2) is 46.6 Å². The number of likely N-dealkylation sites (tertiary alicyclic amines) is 1. The first-order valence-corrected chi connectivity index (χ1v) is 7.15. The summed E-state index contributed by atoms with van der Waals surface area (Å²) < 4.78 is 5.58. The van der Waals surface area contributed by atoms with E-state index in [9.17, 15) is 0 Å². The fourth-order valence-corrected chi connectivity index (χ4v) is 2.39. The molecule has 0 amide bonds. The Morgan fingerprint density at radius 3 is 3.05 bits per heavy atom. The van der Waals surface area contributed by atoms with Crippen molar-refractivity contribution in [1.29, 1.82) is 0 Å². The van der Waals surface area contributed by atoms with E-state index in [0.717, 1.165) is 18.9 Å². The monoisotopic (exact) mass is 264 g/mol. The molecule has 5 heteroatoms. The van der Waals surface area contributed by atoms with Crippen molar-refractivity contribution in [3.8, 4) is 5.88 Å². The lowest BCUT2D eigenvalue weighted by molar-refractivity contribution is 0.226. The highest BCUT2D eigenvalue weighted by atomic mass is 16.5. The van der Waals surface area contributed by atoms with Gasteiger partial charge in [-0.15, -0.1) is 0 Å². The van der Waals surface area contributed by atoms with Gasteiger partial charge in [0.05, 0.1) is 6.10 Å². The van der Waals surface area contributed by atoms with E-state index in [1.165, 1.54) is 19.4 Å². The Morgan fingerprint density at radius 2 is 2.32 bits per heavy atom. The molecule has 1 atom stereocenters. The zero-order valence-electron chi connectivity index (χ0n) is 12.1. The molecule has 0 aliphatic carbocycles. The van der Waals surface area contributed by atoms with E-state index in [4.69, 9.17) is 4.74 Å². The summed E-state index contributed by atoms with van der Waals surface area (Å²) in [5, 5.41) is 3.49. The number of aromatic nitrogens is 2. The maximum atomic E-state index is 5.58. The largest absolute Gasteiger partial charge is 0.475 e. The van der Waals surface area contributed by atoms with Crippen molar-refractivity contribution in [2.24, 2.45) is 0 Å². The molecule has 1 aromatic rings. The molecule has 2 heterocycles. The van der Waals surface area contributed by atoms with Gasteiger partial charge in [-0.05, 0) is 39.8 Å². The fraction of sp³-hybridized carbons (Fsp3) is 0.714. The lowest BCUT2D eigenvalue weighted by atomic mass is 10.1. The molecule has 0 spiro atoms. The highest BCUT2D eigenvalue weighted by Gasteiger charge is 2.18. The molecule has 0 aromatic carbocycles. The summed E-state index contributed by atoms with van der Waals surface area (Å²) in [5.74, 6) is 1.49. The van der Waals surface area contributed by atoms with Crippen LogP contribution in [0.3, 0.4) is 0 Å². The topological polar surface area (TPSA) is 50.3 Å². The standard InChI is InChI=1S/C14H24N4O/c1-4-18-7-5-6-12(9-18)17-13-8-14(16-10-15-13)19-11(2)3/h8,10-12H,4-7,9H2,1-3H3,(H,15,16,17). The van der Waals surface area contributed by atoms with Crippen molar-refractivity contribution in [2.75, 3.05) is 25.0 Å². The maximum absolute atomic E-state index is 5.58. The molecular formula is C14H24N4O. The number of piperidine rings is 1. The van der Waals surface area contributed by atoms with Crippen molar-refractivity contribution in [3.05, 3.63) is 12.4 Å². The first-order valence-electron chi connectivity index (χ1n) is 7.15. The smallest absolute Gasteiger partial charge is 0.218 e. The number of hydrogen-bond donors (Lipinski definition) is 1. The van der Waals surface area contributed by atoms with E-state index in [1.54, 1.807) is 6.33 Å². The van der Waals surface area contributed by atoms with Gasteiger partial charge in [0.25, 0.3) is 0 Å². The van der Waals surface area contributed by atoms with Gasteiger partial charge in [-0.3, -0.25) is 0 Å². The molecule has 1 aliphatic heterocycles. The Labute approximate surface area is 115 Å². The molecular weight excluding hydrogens is 240 g/mol. The van der Waals surface area contributed by atoms with Crippen molar-refractivity contribution in [2.45, 2.75) is 45.8 Å². The van der Waals surface area contributed by atoms with Gasteiger partial charge in [-0.2, -0.15) is 0 Å². The zero-order chi connectivity index (χ0) is 13.7. The van der Waals surface area contributed by atoms with Crippen LogP contribution in [0.2, 0.25) is 0 Å². The van der Waals surface area contributed by atoms with Gasteiger partial charge in [0.1, 0.15) is 12.1 Å². The Hall–Kier alpha value is -1.36. The molecule has 1 fully saturated rings. The highest BCUT2D eigenvalue weighted by Crippen LogP contribution is 2.17. The SMILES string of the molecule is CCN1CCCC(Nc2cc(OC(C)C)ncn2)C1. The van der Waals surface area contributed by atoms with Gasteiger partial charge in [-0.25, -0.2) is 9.97 Å². The van der Waals surface area contributed by atoms with Gasteiger partial charge >= 0.3 is 0 Å². The molecule has 1 N–H and O–H groups in total. The summed E-state index contributed by atoms with van der Waals surface area (Å²) in [6.45, 7) is 9.61. The molecule has 0 radical (unpaired) electrons. The van der Waals surface area contributed by atoms with Crippen LogP contribution in [0.5, 0.6) is 5.88 Å². The van der Waals surface area contributed by atoms with E-state index in [1.807, 2.05) is 19.9 Å². The first kappa shape index (κ1) is 14.1. The summed E-state index contributed by atoms with van der Waals surface area (Å²) in [4.78, 5) is 10.9. The number of hydrogen-bond acceptors (Lipinski definition) is 5. The quantitative estimate of drug-likeness (QED) is 0.883. The summed E-state index contributed by atoms with van der Waals surface area (Å²) >= 11 is 0. The van der Waals surface area contributed by atoms with Crippen LogP contribution in [0.4, 0.5) is 5.82 Å². The minimum Gasteiger partial charge on any atom is -0.475 e. The zero-order valence-corrected chi connectivity index (χ0v) is 12.1. The number of nitrogens with zero attached hydrogens (tertiary/aromatic N) is 3. The molecule has 2 rings (SSSR count). The lowest BCUT2D eigenvalue weighted by Crippen LogP contribution is -2.41. The van der Waals surface area contributed by atoms with Crippen molar-refractivity contribution in [1.82, 2.24) is 14.9 Å². The minimum atomic E-state index is 0.132. The molecule has 1 saturated heterocycles. The van der Waals surface area contributed by atoms with Crippen molar-refractivity contribution >= 4 is 5.82 Å². The van der Waals surface area contributed by atoms with Crippen LogP contribution in [0, 0.1) is 0 Å². The Kier molecular flexibility index (Phi) is 4.96. The molecule has 19 heavy (non-hydrogen) atoms. The number of nitrogens with one attached hydrogen (secondary N) is 1. The third-order valence-electron chi connectivity index (χ3n) is 3.30. The second-order valence-electron chi connectivity index (χ2n) is 5.28. The average molecular weight is 264 g/mol. The summed E-state index contributed by atoms with van der Waals surface area (Å²) in [6, 6.07) is 2.35. The number of anilines is 1. The third kappa shape index (κ3) is 4.35. The number of likely N-dealkylation sites (N-methyl/N-ethyl adjacent to an activating group) is 1. The molecule has 0 bridgehead atoms. The van der Waals surface area contributed by atoms with Crippen LogP contribution in [-0.2, 0) is 0 Å². The molecule has 5 nitrogen and oxygen atoms in total. The minimum absolute atomic E-state index is 0.132. The van der Waals surface area contributed by atoms with Crippen LogP contribution in [0.25, 0.3) is 0 Å². The first-order chi connectivity index (χ1) is 9.17. The van der Waals surface area contributed by atoms with Gasteiger partial charge in [-0.1, -0.05) is 6.92 Å². The summed E-state index contributed by atoms with van der Waals surface area (Å²) in [6.07, 6.45) is 4.13. The predicted molar refractivity (Wildman–Crippen MR) is 76.6 cm³/mol. The van der Waals surface area contributed by atoms with Gasteiger partial charge in [0.2, 0.25) is 5.88 Å². The third-order valence-corrected chi connectivity index (χ3v) is 3.30. The summed E-state index contributed by atoms with van der Waals surface area (Å²) in [7, 11) is 0. The lowest BCUT2D eigenvalue weighted by Gasteiger charge is -2.32. The van der Waals surface area contributed by atoms with E-state index in [-0.39, 0.29) is 6.10 Å². The van der Waals surface area contributed by atoms with Gasteiger partial charge in [0, 0.05) is 18.7 Å². The number of rotatable bonds is 5. The fourth-order valence-electron chi connectivity index (χ4n) is 2.39. The van der Waals surface area contributed by atoms with E-state index in [0.29, 0.717) is 11.9 Å². The van der Waals surface area contributed by atoms with Crippen molar-refractivity contribution < 1.29 is 4.74 Å². The van der Waals surface area contributed by atoms with Crippen LogP contribution in [0.15, 0.2) is 12.4 Å². The van der Waals surface area contributed by atoms with E-state index in [2.05, 4.69) is 27.1 Å². The summed E-state index contributed by atoms with van der Waals surface area (Å²) in [5.41, 5.74) is 0. The second-order valence-corrected chi connectivity index (χ2v) is 5.28. The van der Waals surface area contributed by atoms with Crippen molar-refractivity contribution in [3.63, 3.8) is 0 Å². The Balaban J connectivity index is 1.94. The normalized spacial score (nSPS) is 20.5. The predicted octanol–water partition coefficient (Wildman–Crippen LogP) is 2.16. The highest BCUT2D eigenvalue weighted by molar-refractivity contribution is 5.38. The van der Waals surface area contributed by atoms with Gasteiger partial charge in [0.15, 0.2) is 0 Å². The molecule has 1 aliphatic rings. The number of ether oxygens (including phenoxy) is 1. The van der Waals surface area contributed by atoms with Crippen LogP contribution in [0.1, 0.15) is 33.6 Å². The Morgan fingerprint density at radius 1 is 1.47 bits per heavy atom. The second kappa shape index (κ2) is 6.70. The average Bonchev–Trinajstić information content (AvgIpc) is 2.38. The van der Waals surface area contributed by atoms with Crippen LogP contribution < -0.4 is 10.1 Å². The van der Waals surface area contributed by atoms with Gasteiger partial charge < -0.3 is 15.0 Å². The molecule has 1 unspecified atom stereocenters.